The fourth-order valence-electron chi connectivity index (χ4n) is 1.67. The first kappa shape index (κ1) is 14.0. The monoisotopic (exact) mass is 344 g/mol. The molecule has 0 atom stereocenters. The summed E-state index contributed by atoms with van der Waals surface area (Å²) in [5.74, 6) is 0. The van der Waals surface area contributed by atoms with Gasteiger partial charge in [-0.1, -0.05) is 24.3 Å². The van der Waals surface area contributed by atoms with Crippen molar-refractivity contribution in [3.63, 3.8) is 0 Å². The van der Waals surface area contributed by atoms with Gasteiger partial charge in [-0.15, -0.1) is 5.10 Å². The van der Waals surface area contributed by atoms with E-state index in [1.807, 2.05) is 19.1 Å². The lowest BCUT2D eigenvalue weighted by atomic mass is 10.1. The number of aryl methyl sites for hydroxylation is 2. The van der Waals surface area contributed by atoms with Crippen molar-refractivity contribution >= 4 is 31.6 Å². The van der Waals surface area contributed by atoms with Crippen molar-refractivity contribution in [3.05, 3.63) is 34.4 Å². The van der Waals surface area contributed by atoms with Crippen LogP contribution in [-0.4, -0.2) is 23.4 Å². The van der Waals surface area contributed by atoms with Gasteiger partial charge in [0.25, 0.3) is 10.0 Å². The van der Waals surface area contributed by atoms with Crippen LogP contribution >= 0.6 is 15.9 Å². The predicted octanol–water partition coefficient (Wildman–Crippen LogP) is 1.94. The fraction of sp³-hybridized carbons (Fsp3) is 0.273. The molecule has 6 nitrogen and oxygen atoms in total. The zero-order chi connectivity index (χ0) is 14.0. The number of aromatic nitrogens is 3. The lowest BCUT2D eigenvalue weighted by molar-refractivity contribution is 0.578. The summed E-state index contributed by atoms with van der Waals surface area (Å²) in [6.45, 7) is 2.01. The van der Waals surface area contributed by atoms with Crippen molar-refractivity contribution in [3.8, 4) is 0 Å². The van der Waals surface area contributed by atoms with Gasteiger partial charge in [0.1, 0.15) is 0 Å². The first-order valence-corrected chi connectivity index (χ1v) is 7.88. The maximum atomic E-state index is 12.3. The van der Waals surface area contributed by atoms with Crippen molar-refractivity contribution in [2.45, 2.75) is 18.4 Å². The highest BCUT2D eigenvalue weighted by molar-refractivity contribution is 9.10. The minimum Gasteiger partial charge on any atom is -0.278 e. The van der Waals surface area contributed by atoms with E-state index >= 15 is 0 Å². The first-order chi connectivity index (χ1) is 8.94. The maximum absolute atomic E-state index is 12.3. The molecule has 102 valence electrons. The molecule has 0 aliphatic rings. The third-order valence-corrected chi connectivity index (χ3v) is 4.85. The van der Waals surface area contributed by atoms with E-state index in [1.54, 1.807) is 12.1 Å². The third kappa shape index (κ3) is 2.95. The van der Waals surface area contributed by atoms with E-state index in [1.165, 1.54) is 11.7 Å². The Morgan fingerprint density at radius 3 is 2.74 bits per heavy atom. The number of hydrogen-bond acceptors (Lipinski definition) is 4. The highest BCUT2D eigenvalue weighted by Crippen LogP contribution is 2.21. The number of rotatable bonds is 4. The molecule has 1 heterocycles. The van der Waals surface area contributed by atoms with Crippen LogP contribution < -0.4 is 4.72 Å². The summed E-state index contributed by atoms with van der Waals surface area (Å²) in [4.78, 5) is 0. The van der Waals surface area contributed by atoms with Crippen LogP contribution in [0.25, 0.3) is 0 Å². The molecule has 2 rings (SSSR count). The van der Waals surface area contributed by atoms with Crippen molar-refractivity contribution in [2.24, 2.45) is 7.05 Å². The zero-order valence-corrected chi connectivity index (χ0v) is 12.9. The molecule has 0 aliphatic carbocycles. The van der Waals surface area contributed by atoms with E-state index in [0.29, 0.717) is 5.69 Å². The topological polar surface area (TPSA) is 76.9 Å². The van der Waals surface area contributed by atoms with E-state index in [0.717, 1.165) is 12.0 Å². The lowest BCUT2D eigenvalue weighted by Crippen LogP contribution is -2.17. The summed E-state index contributed by atoms with van der Waals surface area (Å²) in [7, 11) is -2.19. The molecule has 0 bridgehead atoms. The minimum atomic E-state index is -3.72. The highest BCUT2D eigenvalue weighted by Gasteiger charge is 2.23. The summed E-state index contributed by atoms with van der Waals surface area (Å²) in [6, 6.07) is 7.26. The second-order valence-corrected chi connectivity index (χ2v) is 6.32. The number of anilines is 1. The van der Waals surface area contributed by atoms with Crippen LogP contribution in [0.4, 0.5) is 5.69 Å². The SMILES string of the molecule is CCc1cccc(NS(=O)(=O)c2c(Br)nnn2C)c1. The van der Waals surface area contributed by atoms with Crippen molar-refractivity contribution in [1.29, 1.82) is 0 Å². The summed E-state index contributed by atoms with van der Waals surface area (Å²) < 4.78 is 28.4. The van der Waals surface area contributed by atoms with Gasteiger partial charge in [0.05, 0.1) is 0 Å². The summed E-state index contributed by atoms with van der Waals surface area (Å²) in [5.41, 5.74) is 1.58. The molecule has 0 saturated carbocycles. The van der Waals surface area contributed by atoms with Gasteiger partial charge in [0.2, 0.25) is 5.03 Å². The fourth-order valence-corrected chi connectivity index (χ4v) is 3.81. The Bertz CT molecular complexity index is 677. The highest BCUT2D eigenvalue weighted by atomic mass is 79.9. The molecule has 19 heavy (non-hydrogen) atoms. The Balaban J connectivity index is 2.36. The second kappa shape index (κ2) is 5.30. The number of nitrogens with one attached hydrogen (secondary N) is 1. The second-order valence-electron chi connectivity index (χ2n) is 3.97. The lowest BCUT2D eigenvalue weighted by Gasteiger charge is -2.09. The van der Waals surface area contributed by atoms with E-state index in [4.69, 9.17) is 0 Å². The van der Waals surface area contributed by atoms with Crippen LogP contribution in [0.1, 0.15) is 12.5 Å². The summed E-state index contributed by atoms with van der Waals surface area (Å²) in [6.07, 6.45) is 0.840. The Labute approximate surface area is 120 Å². The maximum Gasteiger partial charge on any atom is 0.281 e. The molecular weight excluding hydrogens is 332 g/mol. The van der Waals surface area contributed by atoms with Gasteiger partial charge in [-0.3, -0.25) is 4.72 Å². The standard InChI is InChI=1S/C11H13BrN4O2S/c1-3-8-5-4-6-9(7-8)14-19(17,18)11-10(12)13-15-16(11)2/h4-7,14H,3H2,1-2H3. The Morgan fingerprint density at radius 1 is 1.42 bits per heavy atom. The predicted molar refractivity (Wildman–Crippen MR) is 75.3 cm³/mol. The normalized spacial score (nSPS) is 11.5. The summed E-state index contributed by atoms with van der Waals surface area (Å²) in [5, 5.41) is 7.32. The van der Waals surface area contributed by atoms with Crippen LogP contribution in [0, 0.1) is 0 Å². The largest absolute Gasteiger partial charge is 0.281 e. The molecule has 0 saturated heterocycles. The molecule has 0 unspecified atom stereocenters. The first-order valence-electron chi connectivity index (χ1n) is 5.61. The third-order valence-electron chi connectivity index (χ3n) is 2.58. The van der Waals surface area contributed by atoms with Gasteiger partial charge in [-0.2, -0.15) is 8.42 Å². The molecular formula is C11H13BrN4O2S. The number of hydrogen-bond donors (Lipinski definition) is 1. The van der Waals surface area contributed by atoms with Gasteiger partial charge in [0, 0.05) is 12.7 Å². The number of nitrogens with zero attached hydrogens (tertiary/aromatic N) is 3. The smallest absolute Gasteiger partial charge is 0.278 e. The molecule has 1 N–H and O–H groups in total. The molecule has 0 radical (unpaired) electrons. The van der Waals surface area contributed by atoms with Crippen LogP contribution in [0.15, 0.2) is 33.9 Å². The Hall–Kier alpha value is -1.41. The van der Waals surface area contributed by atoms with E-state index in [-0.39, 0.29) is 9.63 Å². The van der Waals surface area contributed by atoms with Crippen LogP contribution in [0.2, 0.25) is 0 Å². The molecule has 0 fully saturated rings. The molecule has 0 aliphatic heterocycles. The van der Waals surface area contributed by atoms with Gasteiger partial charge < -0.3 is 0 Å². The Kier molecular flexibility index (Phi) is 3.91. The average Bonchev–Trinajstić information content (AvgIpc) is 2.69. The van der Waals surface area contributed by atoms with Gasteiger partial charge in [-0.25, -0.2) is 4.68 Å². The quantitative estimate of drug-likeness (QED) is 0.919. The number of halogens is 1. The average molecular weight is 345 g/mol. The van der Waals surface area contributed by atoms with Gasteiger partial charge in [0.15, 0.2) is 4.60 Å². The Morgan fingerprint density at radius 2 is 2.16 bits per heavy atom. The minimum absolute atomic E-state index is 0.00518. The number of benzene rings is 1. The molecule has 1 aromatic carbocycles. The van der Waals surface area contributed by atoms with Crippen LogP contribution in [0.3, 0.4) is 0 Å². The zero-order valence-electron chi connectivity index (χ0n) is 10.5. The number of sulfonamides is 1. The summed E-state index contributed by atoms with van der Waals surface area (Å²) >= 11 is 3.08. The van der Waals surface area contributed by atoms with E-state index in [2.05, 4.69) is 31.0 Å². The van der Waals surface area contributed by atoms with Crippen molar-refractivity contribution < 1.29 is 8.42 Å². The molecule has 2 aromatic rings. The molecule has 1 aromatic heterocycles. The molecule has 0 spiro atoms. The van der Waals surface area contributed by atoms with Gasteiger partial charge >= 0.3 is 0 Å². The molecule has 8 heteroatoms. The van der Waals surface area contributed by atoms with E-state index < -0.39 is 10.0 Å². The van der Waals surface area contributed by atoms with Crippen LogP contribution in [0.5, 0.6) is 0 Å². The molecule has 0 amide bonds. The van der Waals surface area contributed by atoms with Crippen molar-refractivity contribution in [2.75, 3.05) is 4.72 Å². The van der Waals surface area contributed by atoms with Crippen molar-refractivity contribution in [1.82, 2.24) is 15.0 Å². The van der Waals surface area contributed by atoms with Crippen LogP contribution in [-0.2, 0) is 23.5 Å². The van der Waals surface area contributed by atoms with E-state index in [9.17, 15) is 8.42 Å². The van der Waals surface area contributed by atoms with Gasteiger partial charge in [-0.05, 0) is 40.0 Å².